The Morgan fingerprint density at radius 3 is 2.12 bits per heavy atom. The van der Waals surface area contributed by atoms with Crippen molar-refractivity contribution < 1.29 is 27.5 Å². The Hall–Kier alpha value is -1.69. The van der Waals surface area contributed by atoms with Crippen LogP contribution >= 0.6 is 11.6 Å². The number of nitrogens with zero attached hydrogens (tertiary/aromatic N) is 3. The zero-order valence-electron chi connectivity index (χ0n) is 21.0. The van der Waals surface area contributed by atoms with Crippen LogP contribution < -0.4 is 5.14 Å². The number of amides is 2. The molecule has 0 bridgehead atoms. The van der Waals surface area contributed by atoms with Crippen LogP contribution in [0.2, 0.25) is 0 Å². The molecule has 2 rings (SSSR count). The molecule has 2 aliphatic rings. The van der Waals surface area contributed by atoms with Crippen molar-refractivity contribution in [2.75, 3.05) is 52.8 Å². The molecule has 0 spiro atoms. The Labute approximate surface area is 205 Å². The van der Waals surface area contributed by atoms with Crippen LogP contribution in [0.5, 0.6) is 0 Å². The number of primary sulfonamides is 1. The fourth-order valence-electron chi connectivity index (χ4n) is 2.08. The first-order chi connectivity index (χ1) is 15.5. The summed E-state index contributed by atoms with van der Waals surface area (Å²) >= 11 is 5.01. The molecule has 0 aliphatic carbocycles. The van der Waals surface area contributed by atoms with E-state index in [4.69, 9.17) is 21.5 Å². The van der Waals surface area contributed by atoms with E-state index in [0.29, 0.717) is 38.6 Å². The van der Waals surface area contributed by atoms with Gasteiger partial charge >= 0.3 is 6.09 Å². The lowest BCUT2D eigenvalue weighted by molar-refractivity contribution is -0.126. The van der Waals surface area contributed by atoms with E-state index in [1.165, 1.54) is 12.6 Å². The summed E-state index contributed by atoms with van der Waals surface area (Å²) in [5, 5.41) is 4.75. The molecule has 33 heavy (non-hydrogen) atoms. The topological polar surface area (TPSA) is 132 Å². The molecule has 0 radical (unpaired) electrons. The molecule has 1 unspecified atom stereocenters. The monoisotopic (exact) mass is 514 g/mol. The minimum absolute atomic E-state index is 0.0206. The highest BCUT2D eigenvalue weighted by molar-refractivity contribution is 7.89. The standard InChI is InChI=1S/C6H11NO3.C5H12N2O2S.C5H9NO.C3H5Cl.C2H6/c1-9-6(8)7-2-4-10-5-3-7;1-5(7-2)3-4-10(6,8)9;1-6-4-2-3-5(6)7;1-2-3-4;1-2/h2-5H2,1H3;5H,2-4H2,1H3,(H2,6,8,9);2-4H2,1H3;2-3H,1H3;1-2H3/b;;;3-2+;. The lowest BCUT2D eigenvalue weighted by Crippen LogP contribution is -2.40. The van der Waals surface area contributed by atoms with Crippen molar-refractivity contribution >= 4 is 40.3 Å². The molecule has 2 fully saturated rings. The van der Waals surface area contributed by atoms with Gasteiger partial charge in [-0.25, -0.2) is 18.4 Å². The molecular formula is C21H43ClN4O6S. The van der Waals surface area contributed by atoms with Gasteiger partial charge in [0, 0.05) is 39.1 Å². The first-order valence-corrected chi connectivity index (χ1v) is 13.0. The number of aliphatic imine (C=N–C) groups is 1. The molecule has 2 N–H and O–H groups in total. The molecule has 2 amide bonds. The molecule has 2 aliphatic heterocycles. The van der Waals surface area contributed by atoms with Crippen LogP contribution in [-0.2, 0) is 24.3 Å². The smallest absolute Gasteiger partial charge is 0.409 e. The van der Waals surface area contributed by atoms with Gasteiger partial charge in [0.1, 0.15) is 0 Å². The molecule has 2 saturated heterocycles. The Kier molecular flexibility index (Phi) is 25.5. The second-order valence-corrected chi connectivity index (χ2v) is 8.62. The number of halogens is 1. The number of morpholine rings is 1. The summed E-state index contributed by atoms with van der Waals surface area (Å²) in [5.74, 6) is 0.271. The van der Waals surface area contributed by atoms with Gasteiger partial charge in [-0.3, -0.25) is 9.79 Å². The van der Waals surface area contributed by atoms with Gasteiger partial charge in [0.25, 0.3) is 0 Å². The van der Waals surface area contributed by atoms with Gasteiger partial charge in [-0.05, 0) is 38.9 Å². The zero-order chi connectivity index (χ0) is 26.3. The minimum atomic E-state index is -3.32. The van der Waals surface area contributed by atoms with Gasteiger partial charge in [0.15, 0.2) is 0 Å². The summed E-state index contributed by atoms with van der Waals surface area (Å²) < 4.78 is 30.3. The van der Waals surface area contributed by atoms with E-state index in [1.807, 2.05) is 27.8 Å². The number of hydrogen-bond acceptors (Lipinski definition) is 7. The maximum absolute atomic E-state index is 10.8. The van der Waals surface area contributed by atoms with Gasteiger partial charge in [0.05, 0.1) is 26.1 Å². The number of nitrogens with two attached hydrogens (primary N) is 1. The average molecular weight is 515 g/mol. The Balaban J connectivity index is -0.000000369. The van der Waals surface area contributed by atoms with Crippen molar-refractivity contribution in [1.82, 2.24) is 9.80 Å². The van der Waals surface area contributed by atoms with Crippen molar-refractivity contribution in [2.24, 2.45) is 10.1 Å². The molecule has 1 atom stereocenters. The fraction of sp³-hybridized carbons (Fsp3) is 0.762. The highest BCUT2D eigenvalue weighted by atomic mass is 35.5. The quantitative estimate of drug-likeness (QED) is 0.573. The maximum Gasteiger partial charge on any atom is 0.409 e. The second kappa shape index (κ2) is 23.5. The third-order valence-electron chi connectivity index (χ3n) is 4.01. The van der Waals surface area contributed by atoms with Crippen LogP contribution in [-0.4, -0.2) is 95.7 Å². The minimum Gasteiger partial charge on any atom is -0.453 e. The van der Waals surface area contributed by atoms with Crippen molar-refractivity contribution in [3.63, 3.8) is 0 Å². The number of carbonyl (C=O) groups is 2. The second-order valence-electron chi connectivity index (χ2n) is 6.63. The van der Waals surface area contributed by atoms with Crippen molar-refractivity contribution in [2.45, 2.75) is 53.0 Å². The van der Waals surface area contributed by atoms with E-state index in [0.717, 1.165) is 19.4 Å². The number of methoxy groups -OCH3 is 1. The van der Waals surface area contributed by atoms with E-state index in [2.05, 4.69) is 16.4 Å². The van der Waals surface area contributed by atoms with Gasteiger partial charge in [0.2, 0.25) is 15.9 Å². The van der Waals surface area contributed by atoms with E-state index in [9.17, 15) is 18.0 Å². The highest BCUT2D eigenvalue weighted by Gasteiger charge is 2.16. The maximum atomic E-state index is 10.8. The molecule has 0 aromatic heterocycles. The summed E-state index contributed by atoms with van der Waals surface area (Å²) in [7, 11) is -0.0878. The van der Waals surface area contributed by atoms with Crippen LogP contribution in [0.3, 0.4) is 0 Å². The van der Waals surface area contributed by atoms with Crippen LogP contribution in [0.1, 0.15) is 47.0 Å². The Bertz CT molecular complexity index is 637. The van der Waals surface area contributed by atoms with Gasteiger partial charge in [-0.2, -0.15) is 0 Å². The third kappa shape index (κ3) is 24.8. The molecule has 0 aromatic rings. The first kappa shape index (κ1) is 35.9. The first-order valence-electron chi connectivity index (χ1n) is 10.8. The van der Waals surface area contributed by atoms with Crippen molar-refractivity contribution in [1.29, 1.82) is 0 Å². The SMILES string of the molecule is C/C=C/Cl.C=NC(C)CCS(N)(=O)=O.CC.CN1CCCC1=O.COC(=O)N1CCOCC1. The van der Waals surface area contributed by atoms with E-state index < -0.39 is 10.0 Å². The number of hydrogen-bond donors (Lipinski definition) is 1. The van der Waals surface area contributed by atoms with E-state index >= 15 is 0 Å². The van der Waals surface area contributed by atoms with E-state index in [1.54, 1.807) is 22.8 Å². The molecular weight excluding hydrogens is 472 g/mol. The summed E-state index contributed by atoms with van der Waals surface area (Å²) in [5.41, 5.74) is 1.47. The number of rotatable bonds is 4. The number of likely N-dealkylation sites (tertiary alicyclic amines) is 1. The molecule has 2 heterocycles. The number of carbonyl (C=O) groups excluding carboxylic acids is 2. The normalized spacial score (nSPS) is 15.9. The van der Waals surface area contributed by atoms with Crippen molar-refractivity contribution in [3.05, 3.63) is 11.6 Å². The van der Waals surface area contributed by atoms with Crippen LogP contribution in [0, 0.1) is 0 Å². The molecule has 0 saturated carbocycles. The number of ether oxygens (including phenoxy) is 2. The van der Waals surface area contributed by atoms with Crippen molar-refractivity contribution in [3.8, 4) is 0 Å². The predicted octanol–water partition coefficient (Wildman–Crippen LogP) is 2.86. The molecule has 10 nitrogen and oxygen atoms in total. The fourth-order valence-corrected chi connectivity index (χ4v) is 2.75. The van der Waals surface area contributed by atoms with Gasteiger partial charge in [-0.1, -0.05) is 31.5 Å². The Morgan fingerprint density at radius 1 is 1.33 bits per heavy atom. The van der Waals surface area contributed by atoms with Crippen LogP contribution in [0.15, 0.2) is 16.6 Å². The summed E-state index contributed by atoms with van der Waals surface area (Å²) in [6.07, 6.45) is 3.76. The zero-order valence-corrected chi connectivity index (χ0v) is 22.5. The average Bonchev–Trinajstić information content (AvgIpc) is 3.21. The van der Waals surface area contributed by atoms with Gasteiger partial charge < -0.3 is 19.3 Å². The van der Waals surface area contributed by atoms with Crippen LogP contribution in [0.4, 0.5) is 4.79 Å². The van der Waals surface area contributed by atoms with E-state index in [-0.39, 0.29) is 17.9 Å². The summed E-state index contributed by atoms with van der Waals surface area (Å²) in [6.45, 7) is 14.4. The molecule has 0 aromatic carbocycles. The molecule has 12 heteroatoms. The lowest BCUT2D eigenvalue weighted by atomic mass is 10.3. The van der Waals surface area contributed by atoms with Crippen LogP contribution in [0.25, 0.3) is 0 Å². The highest BCUT2D eigenvalue weighted by Crippen LogP contribution is 2.04. The summed E-state index contributed by atoms with van der Waals surface area (Å²) in [6, 6.07) is -0.0293. The number of sulfonamides is 1. The summed E-state index contributed by atoms with van der Waals surface area (Å²) in [4.78, 5) is 28.3. The molecule has 196 valence electrons. The van der Waals surface area contributed by atoms with Gasteiger partial charge in [-0.15, -0.1) is 0 Å². The number of allylic oxidation sites excluding steroid dienone is 1. The Morgan fingerprint density at radius 2 is 1.85 bits per heavy atom. The lowest BCUT2D eigenvalue weighted by Gasteiger charge is -2.24. The largest absolute Gasteiger partial charge is 0.453 e. The predicted molar refractivity (Wildman–Crippen MR) is 135 cm³/mol. The third-order valence-corrected chi connectivity index (χ3v) is 5.07.